The van der Waals surface area contributed by atoms with Crippen molar-refractivity contribution in [3.8, 4) is 11.3 Å². The maximum atomic E-state index is 12.8. The van der Waals surface area contributed by atoms with Crippen LogP contribution in [0.15, 0.2) is 47.5 Å². The van der Waals surface area contributed by atoms with Gasteiger partial charge in [-0.15, -0.1) is 0 Å². The maximum absolute atomic E-state index is 12.8. The van der Waals surface area contributed by atoms with Crippen molar-refractivity contribution in [2.24, 2.45) is 5.92 Å². The summed E-state index contributed by atoms with van der Waals surface area (Å²) >= 11 is 0. The lowest BCUT2D eigenvalue weighted by Crippen LogP contribution is -2.43. The molecule has 1 N–H and O–H groups in total. The minimum atomic E-state index is -0.0816. The van der Waals surface area contributed by atoms with E-state index < -0.39 is 0 Å². The number of allylic oxidation sites excluding steroid dienone is 1. The van der Waals surface area contributed by atoms with Crippen molar-refractivity contribution in [2.75, 3.05) is 31.1 Å². The third-order valence-corrected chi connectivity index (χ3v) is 5.21. The molecule has 6 nitrogen and oxygen atoms in total. The normalized spacial score (nSPS) is 15.0. The van der Waals surface area contributed by atoms with Gasteiger partial charge in [0.2, 0.25) is 0 Å². The molecule has 3 aromatic heterocycles. The predicted octanol–water partition coefficient (Wildman–Crippen LogP) is 3.14. The van der Waals surface area contributed by atoms with E-state index in [1.807, 2.05) is 25.3 Å². The molecule has 3 aromatic rings. The molecule has 0 unspecified atom stereocenters. The molecule has 1 aliphatic heterocycles. The zero-order valence-corrected chi connectivity index (χ0v) is 17.2. The van der Waals surface area contributed by atoms with Gasteiger partial charge in [-0.25, -0.2) is 4.98 Å². The second-order valence-electron chi connectivity index (χ2n) is 7.83. The Morgan fingerprint density at radius 3 is 2.72 bits per heavy atom. The smallest absolute Gasteiger partial charge is 0.258 e. The highest BCUT2D eigenvalue weighted by Crippen LogP contribution is 2.21. The van der Waals surface area contributed by atoms with Crippen LogP contribution in [0.3, 0.4) is 0 Å². The highest BCUT2D eigenvalue weighted by Gasteiger charge is 2.13. The van der Waals surface area contributed by atoms with Gasteiger partial charge in [0.1, 0.15) is 5.65 Å². The second-order valence-corrected chi connectivity index (χ2v) is 7.83. The van der Waals surface area contributed by atoms with Crippen molar-refractivity contribution in [1.29, 1.82) is 0 Å². The van der Waals surface area contributed by atoms with Crippen LogP contribution in [-0.4, -0.2) is 40.5 Å². The molecular formula is C23H27N5O. The molecule has 29 heavy (non-hydrogen) atoms. The zero-order valence-electron chi connectivity index (χ0n) is 17.2. The first-order valence-corrected chi connectivity index (χ1v) is 10.2. The summed E-state index contributed by atoms with van der Waals surface area (Å²) in [4.78, 5) is 24.3. The minimum Gasteiger partial charge on any atom is -0.368 e. The van der Waals surface area contributed by atoms with E-state index >= 15 is 0 Å². The summed E-state index contributed by atoms with van der Waals surface area (Å²) in [6.45, 7) is 10.1. The van der Waals surface area contributed by atoms with E-state index in [0.29, 0.717) is 17.3 Å². The average Bonchev–Trinajstić information content (AvgIpc) is 2.73. The number of hydrogen-bond acceptors (Lipinski definition) is 5. The SMILES string of the molecule is Cc1ncc(-c2cc(=O)n3cc(N4CCNCC4)ccc3n2)cc1/C=C\C(C)C. The van der Waals surface area contributed by atoms with Crippen molar-refractivity contribution in [3.63, 3.8) is 0 Å². The molecule has 0 radical (unpaired) electrons. The Morgan fingerprint density at radius 2 is 1.97 bits per heavy atom. The first-order valence-electron chi connectivity index (χ1n) is 10.2. The van der Waals surface area contributed by atoms with E-state index in [4.69, 9.17) is 4.98 Å². The number of aromatic nitrogens is 3. The largest absolute Gasteiger partial charge is 0.368 e. The maximum Gasteiger partial charge on any atom is 0.258 e. The number of nitrogens with one attached hydrogen (secondary N) is 1. The molecule has 1 aliphatic rings. The Balaban J connectivity index is 1.72. The molecule has 0 amide bonds. The number of hydrogen-bond donors (Lipinski definition) is 1. The molecule has 0 bridgehead atoms. The van der Waals surface area contributed by atoms with Gasteiger partial charge in [-0.3, -0.25) is 14.2 Å². The third-order valence-electron chi connectivity index (χ3n) is 5.21. The summed E-state index contributed by atoms with van der Waals surface area (Å²) in [5, 5.41) is 3.35. The van der Waals surface area contributed by atoms with E-state index in [9.17, 15) is 4.79 Å². The monoisotopic (exact) mass is 389 g/mol. The van der Waals surface area contributed by atoms with Gasteiger partial charge in [-0.1, -0.05) is 26.0 Å². The standard InChI is InChI=1S/C23H27N5O/c1-16(2)4-5-18-12-19(14-25-17(18)3)21-13-23(29)28-15-20(6-7-22(28)26-21)27-10-8-24-9-11-27/h4-7,12-16,24H,8-11H2,1-3H3/b5-4-. The summed E-state index contributed by atoms with van der Waals surface area (Å²) in [5.74, 6) is 0.464. The number of anilines is 1. The lowest BCUT2D eigenvalue weighted by Gasteiger charge is -2.29. The van der Waals surface area contributed by atoms with Crippen LogP contribution in [0.4, 0.5) is 5.69 Å². The molecule has 1 saturated heterocycles. The number of piperazine rings is 1. The molecule has 6 heteroatoms. The summed E-state index contributed by atoms with van der Waals surface area (Å²) in [5.41, 5.74) is 5.12. The van der Waals surface area contributed by atoms with Crippen LogP contribution in [0.2, 0.25) is 0 Å². The van der Waals surface area contributed by atoms with Crippen LogP contribution in [0.25, 0.3) is 23.0 Å². The molecule has 4 heterocycles. The third kappa shape index (κ3) is 4.22. The second kappa shape index (κ2) is 8.17. The summed E-state index contributed by atoms with van der Waals surface area (Å²) in [6, 6.07) is 7.61. The van der Waals surface area contributed by atoms with Crippen LogP contribution < -0.4 is 15.8 Å². The lowest BCUT2D eigenvalue weighted by molar-refractivity contribution is 0.588. The summed E-state index contributed by atoms with van der Waals surface area (Å²) < 4.78 is 1.63. The summed E-state index contributed by atoms with van der Waals surface area (Å²) in [7, 11) is 0. The van der Waals surface area contributed by atoms with E-state index in [1.54, 1.807) is 16.7 Å². The molecule has 0 aliphatic carbocycles. The molecule has 150 valence electrons. The van der Waals surface area contributed by atoms with Crippen molar-refractivity contribution in [2.45, 2.75) is 20.8 Å². The van der Waals surface area contributed by atoms with E-state index in [0.717, 1.165) is 48.7 Å². The Morgan fingerprint density at radius 1 is 1.17 bits per heavy atom. The predicted molar refractivity (Wildman–Crippen MR) is 118 cm³/mol. The molecule has 1 fully saturated rings. The minimum absolute atomic E-state index is 0.0816. The lowest BCUT2D eigenvalue weighted by atomic mass is 10.1. The van der Waals surface area contributed by atoms with Gasteiger partial charge in [-0.2, -0.15) is 0 Å². The molecular weight excluding hydrogens is 362 g/mol. The number of fused-ring (bicyclic) bond motifs is 1. The van der Waals surface area contributed by atoms with Gasteiger partial charge < -0.3 is 10.2 Å². The van der Waals surface area contributed by atoms with Crippen molar-refractivity contribution >= 4 is 17.4 Å². The van der Waals surface area contributed by atoms with Crippen LogP contribution in [0, 0.1) is 12.8 Å². The highest BCUT2D eigenvalue weighted by atomic mass is 16.1. The first kappa shape index (κ1) is 19.3. The van der Waals surface area contributed by atoms with Gasteiger partial charge in [0, 0.05) is 55.9 Å². The number of rotatable bonds is 4. The van der Waals surface area contributed by atoms with E-state index in [1.165, 1.54) is 0 Å². The van der Waals surface area contributed by atoms with Crippen LogP contribution >= 0.6 is 0 Å². The van der Waals surface area contributed by atoms with E-state index in [2.05, 4.69) is 47.3 Å². The average molecular weight is 390 g/mol. The quantitative estimate of drug-likeness (QED) is 0.743. The van der Waals surface area contributed by atoms with E-state index in [-0.39, 0.29) is 5.56 Å². The Bertz CT molecular complexity index is 1110. The zero-order chi connectivity index (χ0) is 20.4. The van der Waals surface area contributed by atoms with Crippen LogP contribution in [0.5, 0.6) is 0 Å². The Hall–Kier alpha value is -2.99. The Kier molecular flexibility index (Phi) is 5.45. The fourth-order valence-electron chi connectivity index (χ4n) is 3.50. The fraction of sp³-hybridized carbons (Fsp3) is 0.348. The van der Waals surface area contributed by atoms with Gasteiger partial charge in [-0.05, 0) is 36.6 Å². The van der Waals surface area contributed by atoms with Gasteiger partial charge >= 0.3 is 0 Å². The molecule has 0 atom stereocenters. The van der Waals surface area contributed by atoms with Crippen molar-refractivity contribution in [3.05, 3.63) is 64.3 Å². The Labute approximate surface area is 170 Å². The number of aryl methyl sites for hydroxylation is 1. The highest BCUT2D eigenvalue weighted by molar-refractivity contribution is 5.66. The van der Waals surface area contributed by atoms with Crippen molar-refractivity contribution in [1.82, 2.24) is 19.7 Å². The molecule has 0 spiro atoms. The molecule has 4 rings (SSSR count). The topological polar surface area (TPSA) is 62.5 Å². The number of nitrogens with zero attached hydrogens (tertiary/aromatic N) is 4. The van der Waals surface area contributed by atoms with Gasteiger partial charge in [0.15, 0.2) is 0 Å². The van der Waals surface area contributed by atoms with Crippen LogP contribution in [0.1, 0.15) is 25.1 Å². The molecule has 0 aromatic carbocycles. The summed E-state index contributed by atoms with van der Waals surface area (Å²) in [6.07, 6.45) is 7.91. The van der Waals surface area contributed by atoms with Gasteiger partial charge in [0.05, 0.1) is 11.4 Å². The molecule has 0 saturated carbocycles. The first-order chi connectivity index (χ1) is 14.0. The van der Waals surface area contributed by atoms with Gasteiger partial charge in [0.25, 0.3) is 5.56 Å². The fourth-order valence-corrected chi connectivity index (χ4v) is 3.50. The number of pyridine rings is 2. The van der Waals surface area contributed by atoms with Crippen LogP contribution in [-0.2, 0) is 0 Å². The van der Waals surface area contributed by atoms with Crippen molar-refractivity contribution < 1.29 is 0 Å².